The fourth-order valence-electron chi connectivity index (χ4n) is 0.670. The summed E-state index contributed by atoms with van der Waals surface area (Å²) in [6.45, 7) is -3.03. The monoisotopic (exact) mass is 188 g/mol. The van der Waals surface area contributed by atoms with Gasteiger partial charge in [-0.3, -0.25) is 0 Å². The van der Waals surface area contributed by atoms with Gasteiger partial charge in [0.2, 0.25) is 0 Å². The van der Waals surface area contributed by atoms with E-state index >= 15 is 0 Å². The van der Waals surface area contributed by atoms with Crippen LogP contribution in [0.15, 0.2) is 12.3 Å². The molecule has 0 aromatic carbocycles. The molecular weight excluding hydrogens is 185 g/mol. The standard InChI is InChI=1S/C7H3F3N2O/c8-5-1-4(13-7(9)10)3-12-6(5)2-11/h1,3,7H. The van der Waals surface area contributed by atoms with Crippen molar-refractivity contribution in [3.05, 3.63) is 23.8 Å². The minimum Gasteiger partial charge on any atom is -0.433 e. The molecule has 0 radical (unpaired) electrons. The van der Waals surface area contributed by atoms with Crippen molar-refractivity contribution in [2.45, 2.75) is 6.61 Å². The molecule has 68 valence electrons. The van der Waals surface area contributed by atoms with E-state index in [0.717, 1.165) is 6.20 Å². The fourth-order valence-corrected chi connectivity index (χ4v) is 0.670. The molecule has 0 N–H and O–H groups in total. The van der Waals surface area contributed by atoms with Crippen molar-refractivity contribution in [1.82, 2.24) is 4.98 Å². The number of pyridine rings is 1. The van der Waals surface area contributed by atoms with Crippen molar-refractivity contribution in [2.75, 3.05) is 0 Å². The molecule has 0 aliphatic carbocycles. The second-order valence-corrected chi connectivity index (χ2v) is 1.99. The van der Waals surface area contributed by atoms with Crippen LogP contribution in [0.4, 0.5) is 13.2 Å². The summed E-state index contributed by atoms with van der Waals surface area (Å²) in [6, 6.07) is 2.12. The summed E-state index contributed by atoms with van der Waals surface area (Å²) in [6.07, 6.45) is 0.855. The van der Waals surface area contributed by atoms with Gasteiger partial charge in [-0.15, -0.1) is 0 Å². The fraction of sp³-hybridized carbons (Fsp3) is 0.143. The van der Waals surface area contributed by atoms with Gasteiger partial charge in [-0.05, 0) is 0 Å². The third kappa shape index (κ3) is 2.33. The van der Waals surface area contributed by atoms with E-state index < -0.39 is 23.9 Å². The van der Waals surface area contributed by atoms with E-state index in [0.29, 0.717) is 6.07 Å². The average molecular weight is 188 g/mol. The molecule has 0 amide bonds. The SMILES string of the molecule is N#Cc1ncc(OC(F)F)cc1F. The van der Waals surface area contributed by atoms with Crippen molar-refractivity contribution < 1.29 is 17.9 Å². The zero-order chi connectivity index (χ0) is 9.84. The molecule has 0 aliphatic heterocycles. The van der Waals surface area contributed by atoms with Crippen molar-refractivity contribution >= 4 is 0 Å². The molecule has 0 unspecified atom stereocenters. The largest absolute Gasteiger partial charge is 0.433 e. The molecule has 1 heterocycles. The summed E-state index contributed by atoms with van der Waals surface area (Å²) in [5.74, 6) is -1.40. The third-order valence-corrected chi connectivity index (χ3v) is 1.15. The second-order valence-electron chi connectivity index (χ2n) is 1.99. The third-order valence-electron chi connectivity index (χ3n) is 1.15. The number of aromatic nitrogens is 1. The van der Waals surface area contributed by atoms with Gasteiger partial charge in [0.25, 0.3) is 0 Å². The van der Waals surface area contributed by atoms with Crippen LogP contribution in [-0.4, -0.2) is 11.6 Å². The Bertz CT molecular complexity index is 348. The molecule has 13 heavy (non-hydrogen) atoms. The van der Waals surface area contributed by atoms with Crippen LogP contribution in [-0.2, 0) is 0 Å². The molecule has 6 heteroatoms. The molecule has 0 saturated carbocycles. The Morgan fingerprint density at radius 1 is 1.54 bits per heavy atom. The van der Waals surface area contributed by atoms with E-state index in [1.807, 2.05) is 0 Å². The number of ether oxygens (including phenoxy) is 1. The topological polar surface area (TPSA) is 45.9 Å². The number of hydrogen-bond donors (Lipinski definition) is 0. The Hall–Kier alpha value is -1.77. The molecular formula is C7H3F3N2O. The van der Waals surface area contributed by atoms with Gasteiger partial charge in [0.1, 0.15) is 11.8 Å². The first-order chi connectivity index (χ1) is 6.13. The summed E-state index contributed by atoms with van der Waals surface area (Å²) in [5.41, 5.74) is -0.457. The summed E-state index contributed by atoms with van der Waals surface area (Å²) in [7, 11) is 0. The average Bonchev–Trinajstić information content (AvgIpc) is 2.03. The van der Waals surface area contributed by atoms with Gasteiger partial charge >= 0.3 is 6.61 Å². The molecule has 1 aromatic rings. The van der Waals surface area contributed by atoms with Gasteiger partial charge in [0, 0.05) is 6.07 Å². The number of halogens is 3. The molecule has 0 atom stereocenters. The van der Waals surface area contributed by atoms with Crippen molar-refractivity contribution in [3.8, 4) is 11.8 Å². The van der Waals surface area contributed by atoms with E-state index in [9.17, 15) is 13.2 Å². The predicted molar refractivity (Wildman–Crippen MR) is 35.5 cm³/mol. The number of alkyl halides is 2. The van der Waals surface area contributed by atoms with Crippen LogP contribution in [0.3, 0.4) is 0 Å². The first-order valence-corrected chi connectivity index (χ1v) is 3.14. The summed E-state index contributed by atoms with van der Waals surface area (Å²) < 4.78 is 39.7. The lowest BCUT2D eigenvalue weighted by atomic mass is 10.3. The van der Waals surface area contributed by atoms with E-state index in [2.05, 4.69) is 9.72 Å². The highest BCUT2D eigenvalue weighted by Gasteiger charge is 2.08. The zero-order valence-electron chi connectivity index (χ0n) is 6.17. The maximum atomic E-state index is 12.7. The molecule has 1 aromatic heterocycles. The van der Waals surface area contributed by atoms with E-state index in [-0.39, 0.29) is 0 Å². The smallest absolute Gasteiger partial charge is 0.387 e. The summed E-state index contributed by atoms with van der Waals surface area (Å²) in [4.78, 5) is 3.26. The van der Waals surface area contributed by atoms with E-state index in [1.54, 1.807) is 0 Å². The number of rotatable bonds is 2. The lowest BCUT2D eigenvalue weighted by molar-refractivity contribution is -0.0502. The predicted octanol–water partition coefficient (Wildman–Crippen LogP) is 1.69. The van der Waals surface area contributed by atoms with Gasteiger partial charge in [-0.25, -0.2) is 9.37 Å². The lowest BCUT2D eigenvalue weighted by Crippen LogP contribution is -2.03. The van der Waals surface area contributed by atoms with Crippen LogP contribution in [0.2, 0.25) is 0 Å². The van der Waals surface area contributed by atoms with Crippen LogP contribution in [0.5, 0.6) is 5.75 Å². The van der Waals surface area contributed by atoms with Crippen LogP contribution in [0.1, 0.15) is 5.69 Å². The van der Waals surface area contributed by atoms with E-state index in [4.69, 9.17) is 5.26 Å². The maximum Gasteiger partial charge on any atom is 0.387 e. The second kappa shape index (κ2) is 3.76. The first kappa shape index (κ1) is 9.32. The number of nitrogens with zero attached hydrogens (tertiary/aromatic N) is 2. The van der Waals surface area contributed by atoms with Gasteiger partial charge in [0.05, 0.1) is 6.20 Å². The molecule has 0 saturated heterocycles. The van der Waals surface area contributed by atoms with Crippen molar-refractivity contribution in [2.24, 2.45) is 0 Å². The van der Waals surface area contributed by atoms with Crippen LogP contribution in [0.25, 0.3) is 0 Å². The lowest BCUT2D eigenvalue weighted by Gasteiger charge is -2.02. The van der Waals surface area contributed by atoms with Crippen LogP contribution in [0, 0.1) is 17.1 Å². The van der Waals surface area contributed by atoms with Crippen LogP contribution < -0.4 is 4.74 Å². The highest BCUT2D eigenvalue weighted by Crippen LogP contribution is 2.15. The Labute approximate surface area is 71.4 Å². The molecule has 0 fully saturated rings. The number of hydrogen-bond acceptors (Lipinski definition) is 3. The Kier molecular flexibility index (Phi) is 2.69. The van der Waals surface area contributed by atoms with Crippen molar-refractivity contribution in [3.63, 3.8) is 0 Å². The van der Waals surface area contributed by atoms with Gasteiger partial charge < -0.3 is 4.74 Å². The Balaban J connectivity index is 2.91. The van der Waals surface area contributed by atoms with Gasteiger partial charge in [0.15, 0.2) is 11.5 Å². The molecule has 0 bridgehead atoms. The van der Waals surface area contributed by atoms with Gasteiger partial charge in [-0.2, -0.15) is 14.0 Å². The summed E-state index contributed by atoms with van der Waals surface area (Å²) >= 11 is 0. The minimum absolute atomic E-state index is 0.411. The zero-order valence-corrected chi connectivity index (χ0v) is 6.17. The normalized spacial score (nSPS) is 9.77. The Morgan fingerprint density at radius 3 is 2.69 bits per heavy atom. The quantitative estimate of drug-likeness (QED) is 0.709. The maximum absolute atomic E-state index is 12.7. The van der Waals surface area contributed by atoms with Crippen LogP contribution >= 0.6 is 0 Å². The molecule has 3 nitrogen and oxygen atoms in total. The highest BCUT2D eigenvalue weighted by atomic mass is 19.3. The van der Waals surface area contributed by atoms with Gasteiger partial charge in [-0.1, -0.05) is 0 Å². The summed E-state index contributed by atoms with van der Waals surface area (Å²) in [5, 5.41) is 8.25. The molecule has 0 aliphatic rings. The first-order valence-electron chi connectivity index (χ1n) is 3.14. The molecule has 1 rings (SSSR count). The molecule has 0 spiro atoms. The highest BCUT2D eigenvalue weighted by molar-refractivity contribution is 5.28. The Morgan fingerprint density at radius 2 is 2.23 bits per heavy atom. The number of nitriles is 1. The van der Waals surface area contributed by atoms with Crippen molar-refractivity contribution in [1.29, 1.82) is 5.26 Å². The van der Waals surface area contributed by atoms with E-state index in [1.165, 1.54) is 6.07 Å². The minimum atomic E-state index is -3.03.